The Hall–Kier alpha value is -2.41. The molecule has 128 valence electrons. The highest BCUT2D eigenvalue weighted by molar-refractivity contribution is 6.23. The second-order valence-electron chi connectivity index (χ2n) is 6.11. The van der Waals surface area contributed by atoms with Crippen molar-refractivity contribution < 1.29 is 24.2 Å². The van der Waals surface area contributed by atoms with Crippen molar-refractivity contribution in [1.82, 2.24) is 4.90 Å². The molecule has 1 unspecified atom stereocenters. The number of ether oxygens (including phenoxy) is 1. The van der Waals surface area contributed by atoms with E-state index >= 15 is 0 Å². The second kappa shape index (κ2) is 6.60. The molecule has 1 aromatic rings. The first-order valence-corrected chi connectivity index (χ1v) is 7.99. The molecule has 0 bridgehead atoms. The maximum Gasteiger partial charge on any atom is 0.306 e. The van der Waals surface area contributed by atoms with Crippen molar-refractivity contribution in [1.29, 1.82) is 0 Å². The summed E-state index contributed by atoms with van der Waals surface area (Å²) in [5.41, 5.74) is 0.456. The number of carboxylic acid groups (broad SMARTS) is 1. The largest absolute Gasteiger partial charge is 0.495 e. The minimum atomic E-state index is -0.792. The molecule has 0 spiro atoms. The summed E-state index contributed by atoms with van der Waals surface area (Å²) in [6.45, 7) is 1.03. The van der Waals surface area contributed by atoms with Crippen molar-refractivity contribution in [3.05, 3.63) is 24.3 Å². The standard InChI is InChI=1S/C17H20N2O5/c1-24-14-5-3-2-4-12(14)19-15(20)10-13(16(19)21)18-8-6-11(7-9-18)17(22)23/h2-5,11,13H,6-10H2,1H3,(H,22,23). The van der Waals surface area contributed by atoms with Crippen molar-refractivity contribution in [3.63, 3.8) is 0 Å². The molecule has 7 heteroatoms. The number of carbonyl (C=O) groups is 3. The van der Waals surface area contributed by atoms with Gasteiger partial charge in [-0.1, -0.05) is 12.1 Å². The Morgan fingerprint density at radius 3 is 2.50 bits per heavy atom. The molecule has 2 aliphatic rings. The first-order chi connectivity index (χ1) is 11.5. The predicted octanol–water partition coefficient (Wildman–Crippen LogP) is 1.12. The number of methoxy groups -OCH3 is 1. The van der Waals surface area contributed by atoms with E-state index in [1.54, 1.807) is 24.3 Å². The van der Waals surface area contributed by atoms with E-state index in [2.05, 4.69) is 0 Å². The fraction of sp³-hybridized carbons (Fsp3) is 0.471. The zero-order valence-electron chi connectivity index (χ0n) is 13.5. The minimum Gasteiger partial charge on any atom is -0.495 e. The van der Waals surface area contributed by atoms with Crippen LogP contribution in [0.2, 0.25) is 0 Å². The van der Waals surface area contributed by atoms with E-state index in [-0.39, 0.29) is 24.2 Å². The third-order valence-electron chi connectivity index (χ3n) is 4.77. The van der Waals surface area contributed by atoms with E-state index in [0.717, 1.165) is 0 Å². The van der Waals surface area contributed by atoms with Crippen LogP contribution in [0.25, 0.3) is 0 Å². The molecule has 2 fully saturated rings. The summed E-state index contributed by atoms with van der Waals surface area (Å²) in [6.07, 6.45) is 1.12. The second-order valence-corrected chi connectivity index (χ2v) is 6.11. The predicted molar refractivity (Wildman–Crippen MR) is 85.8 cm³/mol. The van der Waals surface area contributed by atoms with Gasteiger partial charge in [0, 0.05) is 0 Å². The number of carbonyl (C=O) groups excluding carboxylic acids is 2. The lowest BCUT2D eigenvalue weighted by molar-refractivity contribution is -0.143. The molecular weight excluding hydrogens is 312 g/mol. The number of piperidine rings is 1. The van der Waals surface area contributed by atoms with E-state index in [4.69, 9.17) is 9.84 Å². The van der Waals surface area contributed by atoms with Crippen molar-refractivity contribution in [2.24, 2.45) is 5.92 Å². The minimum absolute atomic E-state index is 0.120. The van der Waals surface area contributed by atoms with Gasteiger partial charge in [0.2, 0.25) is 5.91 Å². The maximum absolute atomic E-state index is 12.8. The molecule has 1 N–H and O–H groups in total. The average molecular weight is 332 g/mol. The van der Waals surface area contributed by atoms with Crippen LogP contribution in [0.4, 0.5) is 5.69 Å². The first kappa shape index (κ1) is 16.4. The fourth-order valence-corrected chi connectivity index (χ4v) is 3.43. The summed E-state index contributed by atoms with van der Waals surface area (Å²) in [5.74, 6) is -1.20. The molecular formula is C17H20N2O5. The van der Waals surface area contributed by atoms with Crippen molar-refractivity contribution in [3.8, 4) is 5.75 Å². The highest BCUT2D eigenvalue weighted by atomic mass is 16.5. The number of benzene rings is 1. The lowest BCUT2D eigenvalue weighted by atomic mass is 9.96. The SMILES string of the molecule is COc1ccccc1N1C(=O)CC(N2CCC(C(=O)O)CC2)C1=O. The van der Waals surface area contributed by atoms with Crippen LogP contribution in [0.15, 0.2) is 24.3 Å². The number of anilines is 1. The molecule has 7 nitrogen and oxygen atoms in total. The summed E-state index contributed by atoms with van der Waals surface area (Å²) in [6, 6.07) is 6.41. The fourth-order valence-electron chi connectivity index (χ4n) is 3.43. The number of hydrogen-bond acceptors (Lipinski definition) is 5. The normalized spacial score (nSPS) is 22.9. The van der Waals surface area contributed by atoms with E-state index in [9.17, 15) is 14.4 Å². The molecule has 2 heterocycles. The Morgan fingerprint density at radius 2 is 1.88 bits per heavy atom. The Bertz CT molecular complexity index is 667. The van der Waals surface area contributed by atoms with Gasteiger partial charge in [-0.25, -0.2) is 4.90 Å². The molecule has 0 radical (unpaired) electrons. The number of rotatable bonds is 4. The molecule has 1 aromatic carbocycles. The Labute approximate surface area is 139 Å². The zero-order valence-corrected chi connectivity index (χ0v) is 13.5. The third kappa shape index (κ3) is 2.87. The first-order valence-electron chi connectivity index (χ1n) is 7.99. The van der Waals surface area contributed by atoms with Gasteiger partial charge in [0.25, 0.3) is 5.91 Å². The number of imide groups is 1. The van der Waals surface area contributed by atoms with Gasteiger partial charge in [0.15, 0.2) is 0 Å². The molecule has 1 atom stereocenters. The van der Waals surface area contributed by atoms with Crippen molar-refractivity contribution in [2.45, 2.75) is 25.3 Å². The quantitative estimate of drug-likeness (QED) is 0.832. The Kier molecular flexibility index (Phi) is 4.53. The van der Waals surface area contributed by atoms with Gasteiger partial charge in [0.05, 0.1) is 31.2 Å². The molecule has 0 saturated carbocycles. The lowest BCUT2D eigenvalue weighted by Crippen LogP contribution is -2.46. The number of amides is 2. The van der Waals surface area contributed by atoms with Gasteiger partial charge >= 0.3 is 5.97 Å². The van der Waals surface area contributed by atoms with Crippen LogP contribution in [0.3, 0.4) is 0 Å². The summed E-state index contributed by atoms with van der Waals surface area (Å²) in [5, 5.41) is 9.07. The highest BCUT2D eigenvalue weighted by Gasteiger charge is 2.44. The summed E-state index contributed by atoms with van der Waals surface area (Å²) in [4.78, 5) is 39.4. The molecule has 0 aromatic heterocycles. The van der Waals surface area contributed by atoms with Gasteiger partial charge < -0.3 is 9.84 Å². The maximum atomic E-state index is 12.8. The van der Waals surface area contributed by atoms with Gasteiger partial charge in [-0.05, 0) is 38.1 Å². The molecule has 0 aliphatic carbocycles. The van der Waals surface area contributed by atoms with E-state index in [0.29, 0.717) is 37.4 Å². The molecule has 24 heavy (non-hydrogen) atoms. The summed E-state index contributed by atoms with van der Waals surface area (Å²) in [7, 11) is 1.50. The Balaban J connectivity index is 1.76. The lowest BCUT2D eigenvalue weighted by Gasteiger charge is -2.33. The number of nitrogens with zero attached hydrogens (tertiary/aromatic N) is 2. The number of para-hydroxylation sites is 2. The number of likely N-dealkylation sites (tertiary alicyclic amines) is 1. The van der Waals surface area contributed by atoms with E-state index < -0.39 is 12.0 Å². The summed E-state index contributed by atoms with van der Waals surface area (Å²) < 4.78 is 5.25. The van der Waals surface area contributed by atoms with E-state index in [1.165, 1.54) is 12.0 Å². The third-order valence-corrected chi connectivity index (χ3v) is 4.77. The van der Waals surface area contributed by atoms with Crippen LogP contribution in [0.1, 0.15) is 19.3 Å². The highest BCUT2D eigenvalue weighted by Crippen LogP contribution is 2.34. The number of hydrogen-bond donors (Lipinski definition) is 1. The monoisotopic (exact) mass is 332 g/mol. The zero-order chi connectivity index (χ0) is 17.3. The van der Waals surface area contributed by atoms with Crippen molar-refractivity contribution in [2.75, 3.05) is 25.1 Å². The van der Waals surface area contributed by atoms with Crippen LogP contribution in [0.5, 0.6) is 5.75 Å². The van der Waals surface area contributed by atoms with Gasteiger partial charge in [-0.2, -0.15) is 0 Å². The topological polar surface area (TPSA) is 87.2 Å². The molecule has 3 rings (SSSR count). The number of aliphatic carboxylic acids is 1. The van der Waals surface area contributed by atoms with Crippen LogP contribution < -0.4 is 9.64 Å². The van der Waals surface area contributed by atoms with Gasteiger partial charge in [0.1, 0.15) is 5.75 Å². The molecule has 2 saturated heterocycles. The smallest absolute Gasteiger partial charge is 0.306 e. The van der Waals surface area contributed by atoms with E-state index in [1.807, 2.05) is 4.90 Å². The van der Waals surface area contributed by atoms with Gasteiger partial charge in [-0.3, -0.25) is 19.3 Å². The number of carboxylic acids is 1. The van der Waals surface area contributed by atoms with Crippen molar-refractivity contribution >= 4 is 23.5 Å². The summed E-state index contributed by atoms with van der Waals surface area (Å²) >= 11 is 0. The van der Waals surface area contributed by atoms with Crippen LogP contribution in [-0.2, 0) is 14.4 Å². The van der Waals surface area contributed by atoms with Gasteiger partial charge in [-0.15, -0.1) is 0 Å². The molecule has 2 amide bonds. The van der Waals surface area contributed by atoms with Crippen LogP contribution in [0, 0.1) is 5.92 Å². The van der Waals surface area contributed by atoms with Crippen LogP contribution >= 0.6 is 0 Å². The Morgan fingerprint density at radius 1 is 1.21 bits per heavy atom. The van der Waals surface area contributed by atoms with Crippen LogP contribution in [-0.4, -0.2) is 54.0 Å². The molecule has 2 aliphatic heterocycles. The average Bonchev–Trinajstić information content (AvgIpc) is 2.89.